The fraction of sp³-hybridized carbons (Fsp3) is 0.263. The number of anilines is 1. The molecule has 0 bridgehead atoms. The van der Waals surface area contributed by atoms with Gasteiger partial charge in [0, 0.05) is 23.7 Å². The second-order valence-electron chi connectivity index (χ2n) is 5.81. The van der Waals surface area contributed by atoms with Crippen molar-refractivity contribution in [1.29, 1.82) is 0 Å². The van der Waals surface area contributed by atoms with E-state index in [1.807, 2.05) is 25.1 Å². The second kappa shape index (κ2) is 8.53. The Hall–Kier alpha value is -2.53. The van der Waals surface area contributed by atoms with E-state index < -0.39 is 12.6 Å². The molecule has 0 aliphatic rings. The molecule has 0 heterocycles. The molecule has 1 atom stereocenters. The first-order chi connectivity index (χ1) is 11.9. The van der Waals surface area contributed by atoms with Crippen LogP contribution in [-0.2, 0) is 16.0 Å². The van der Waals surface area contributed by atoms with Gasteiger partial charge in [0.05, 0.1) is 0 Å². The van der Waals surface area contributed by atoms with E-state index in [4.69, 9.17) is 21.4 Å². The Morgan fingerprint density at radius 2 is 1.88 bits per heavy atom. The zero-order valence-electron chi connectivity index (χ0n) is 14.1. The van der Waals surface area contributed by atoms with Crippen LogP contribution in [0.1, 0.15) is 12.5 Å². The summed E-state index contributed by atoms with van der Waals surface area (Å²) in [4.78, 5) is 24.7. The predicted octanol–water partition coefficient (Wildman–Crippen LogP) is 3.65. The van der Waals surface area contributed by atoms with Crippen LogP contribution in [0.15, 0.2) is 48.5 Å². The van der Waals surface area contributed by atoms with E-state index in [-0.39, 0.29) is 11.8 Å². The highest BCUT2D eigenvalue weighted by Crippen LogP contribution is 2.21. The van der Waals surface area contributed by atoms with Crippen LogP contribution in [0.5, 0.6) is 5.75 Å². The number of benzene rings is 2. The van der Waals surface area contributed by atoms with Gasteiger partial charge in [-0.15, -0.1) is 0 Å². The molecule has 1 amide bonds. The average molecular weight is 362 g/mol. The maximum atomic E-state index is 12.6. The molecule has 2 aromatic carbocycles. The highest BCUT2D eigenvalue weighted by Gasteiger charge is 2.19. The summed E-state index contributed by atoms with van der Waals surface area (Å²) < 4.78 is 5.08. The van der Waals surface area contributed by atoms with Crippen LogP contribution in [0.2, 0.25) is 5.02 Å². The van der Waals surface area contributed by atoms with E-state index in [9.17, 15) is 9.59 Å². The van der Waals surface area contributed by atoms with E-state index in [2.05, 4.69) is 0 Å². The Balaban J connectivity index is 1.99. The fourth-order valence-electron chi connectivity index (χ4n) is 2.47. The van der Waals surface area contributed by atoms with Crippen LogP contribution in [0.4, 0.5) is 5.69 Å². The molecule has 0 aliphatic carbocycles. The number of carbonyl (C=O) groups excluding carboxylic acids is 1. The lowest BCUT2D eigenvalue weighted by atomic mass is 10.00. The summed E-state index contributed by atoms with van der Waals surface area (Å²) in [6.07, 6.45) is 0.601. The normalized spacial score (nSPS) is 11.6. The van der Waals surface area contributed by atoms with Crippen molar-refractivity contribution < 1.29 is 19.4 Å². The lowest BCUT2D eigenvalue weighted by Crippen LogP contribution is -2.32. The largest absolute Gasteiger partial charge is 0.482 e. The van der Waals surface area contributed by atoms with Crippen molar-refractivity contribution in [2.75, 3.05) is 18.6 Å². The number of rotatable bonds is 7. The molecule has 2 aromatic rings. The van der Waals surface area contributed by atoms with Gasteiger partial charge >= 0.3 is 5.97 Å². The molecule has 0 aliphatic heterocycles. The van der Waals surface area contributed by atoms with Crippen LogP contribution < -0.4 is 9.64 Å². The molecule has 0 aromatic heterocycles. The second-order valence-corrected chi connectivity index (χ2v) is 6.25. The standard InChI is InChI=1S/C19H20ClNO4/c1-13(10-14-4-3-5-15(20)11-14)19(24)21(2)16-6-8-17(9-7-16)25-12-18(22)23/h3-9,11,13H,10,12H2,1-2H3,(H,22,23). The van der Waals surface area contributed by atoms with Crippen LogP contribution in [0, 0.1) is 5.92 Å². The molecule has 0 fully saturated rings. The van der Waals surface area contributed by atoms with Crippen LogP contribution in [0.25, 0.3) is 0 Å². The molecule has 0 saturated carbocycles. The lowest BCUT2D eigenvalue weighted by molar-refractivity contribution is -0.139. The number of ether oxygens (including phenoxy) is 1. The van der Waals surface area contributed by atoms with Crippen LogP contribution >= 0.6 is 11.6 Å². The van der Waals surface area contributed by atoms with E-state index in [0.717, 1.165) is 5.56 Å². The van der Waals surface area contributed by atoms with Crippen molar-refractivity contribution in [2.24, 2.45) is 5.92 Å². The summed E-state index contributed by atoms with van der Waals surface area (Å²) in [6.45, 7) is 1.48. The fourth-order valence-corrected chi connectivity index (χ4v) is 2.69. The van der Waals surface area contributed by atoms with E-state index in [1.54, 1.807) is 42.3 Å². The van der Waals surface area contributed by atoms with Gasteiger partial charge in [-0.3, -0.25) is 4.79 Å². The van der Waals surface area contributed by atoms with Gasteiger partial charge in [-0.05, 0) is 48.4 Å². The Labute approximate surface area is 151 Å². The predicted molar refractivity (Wildman–Crippen MR) is 97.3 cm³/mol. The topological polar surface area (TPSA) is 66.8 Å². The molecule has 1 N–H and O–H groups in total. The van der Waals surface area contributed by atoms with Crippen molar-refractivity contribution in [3.05, 3.63) is 59.1 Å². The van der Waals surface area contributed by atoms with Crippen LogP contribution in [-0.4, -0.2) is 30.6 Å². The zero-order chi connectivity index (χ0) is 18.4. The summed E-state index contributed by atoms with van der Waals surface area (Å²) >= 11 is 5.98. The Morgan fingerprint density at radius 1 is 1.20 bits per heavy atom. The molecular formula is C19H20ClNO4. The monoisotopic (exact) mass is 361 g/mol. The van der Waals surface area contributed by atoms with Gasteiger partial charge in [0.1, 0.15) is 5.75 Å². The number of carboxylic acid groups (broad SMARTS) is 1. The highest BCUT2D eigenvalue weighted by atomic mass is 35.5. The molecule has 5 nitrogen and oxygen atoms in total. The van der Waals surface area contributed by atoms with Gasteiger partial charge in [0.15, 0.2) is 6.61 Å². The number of nitrogens with zero attached hydrogens (tertiary/aromatic N) is 1. The number of carbonyl (C=O) groups is 2. The first-order valence-electron chi connectivity index (χ1n) is 7.83. The smallest absolute Gasteiger partial charge is 0.341 e. The highest BCUT2D eigenvalue weighted by molar-refractivity contribution is 6.30. The number of hydrogen-bond acceptors (Lipinski definition) is 3. The summed E-state index contributed by atoms with van der Waals surface area (Å²) in [7, 11) is 1.71. The average Bonchev–Trinajstić information content (AvgIpc) is 2.59. The summed E-state index contributed by atoms with van der Waals surface area (Å²) in [6, 6.07) is 14.2. The molecule has 1 unspecified atom stereocenters. The third-order valence-corrected chi connectivity index (χ3v) is 4.00. The lowest BCUT2D eigenvalue weighted by Gasteiger charge is -2.22. The van der Waals surface area contributed by atoms with Crippen molar-refractivity contribution in [1.82, 2.24) is 0 Å². The van der Waals surface area contributed by atoms with Crippen molar-refractivity contribution in [3.63, 3.8) is 0 Å². The Kier molecular flexibility index (Phi) is 6.42. The van der Waals surface area contributed by atoms with Gasteiger partial charge in [0.25, 0.3) is 0 Å². The third kappa shape index (κ3) is 5.50. The van der Waals surface area contributed by atoms with E-state index >= 15 is 0 Å². The minimum Gasteiger partial charge on any atom is -0.482 e. The Morgan fingerprint density at radius 3 is 2.48 bits per heavy atom. The molecule has 132 valence electrons. The molecule has 0 radical (unpaired) electrons. The Bertz CT molecular complexity index is 745. The van der Waals surface area contributed by atoms with Crippen LogP contribution in [0.3, 0.4) is 0 Å². The number of halogens is 1. The maximum absolute atomic E-state index is 12.6. The summed E-state index contributed by atoms with van der Waals surface area (Å²) in [5.41, 5.74) is 1.73. The summed E-state index contributed by atoms with van der Waals surface area (Å²) in [5.74, 6) is -0.809. The molecule has 0 saturated heterocycles. The maximum Gasteiger partial charge on any atom is 0.341 e. The van der Waals surface area contributed by atoms with Gasteiger partial charge in [-0.2, -0.15) is 0 Å². The van der Waals surface area contributed by atoms with Gasteiger partial charge < -0.3 is 14.7 Å². The number of carboxylic acids is 1. The van der Waals surface area contributed by atoms with Crippen molar-refractivity contribution >= 4 is 29.2 Å². The van der Waals surface area contributed by atoms with Gasteiger partial charge in [0.2, 0.25) is 5.91 Å². The van der Waals surface area contributed by atoms with Crippen molar-refractivity contribution in [3.8, 4) is 5.75 Å². The number of amides is 1. The van der Waals surface area contributed by atoms with E-state index in [0.29, 0.717) is 22.9 Å². The third-order valence-electron chi connectivity index (χ3n) is 3.77. The van der Waals surface area contributed by atoms with Crippen molar-refractivity contribution in [2.45, 2.75) is 13.3 Å². The molecule has 2 rings (SSSR count). The first kappa shape index (κ1) is 18.8. The molecule has 6 heteroatoms. The molecule has 0 spiro atoms. The molecule has 25 heavy (non-hydrogen) atoms. The van der Waals surface area contributed by atoms with Gasteiger partial charge in [-0.25, -0.2) is 4.79 Å². The zero-order valence-corrected chi connectivity index (χ0v) is 14.9. The number of hydrogen-bond donors (Lipinski definition) is 1. The number of aliphatic carboxylic acids is 1. The SMILES string of the molecule is CC(Cc1cccc(Cl)c1)C(=O)N(C)c1ccc(OCC(=O)O)cc1. The van der Waals surface area contributed by atoms with Gasteiger partial charge in [-0.1, -0.05) is 30.7 Å². The quantitative estimate of drug-likeness (QED) is 0.817. The summed E-state index contributed by atoms with van der Waals surface area (Å²) in [5, 5.41) is 9.26. The first-order valence-corrected chi connectivity index (χ1v) is 8.21. The minimum absolute atomic E-state index is 0.0146. The van der Waals surface area contributed by atoms with E-state index in [1.165, 1.54) is 0 Å². The minimum atomic E-state index is -1.04. The molecular weight excluding hydrogens is 342 g/mol.